The zero-order valence-electron chi connectivity index (χ0n) is 33.3. The number of imidazole rings is 1. The molecule has 1 unspecified atom stereocenters. The summed E-state index contributed by atoms with van der Waals surface area (Å²) >= 11 is 0. The first-order valence-electron chi connectivity index (χ1n) is 20.1. The summed E-state index contributed by atoms with van der Waals surface area (Å²) in [6.07, 6.45) is 9.06. The number of pyridine rings is 1. The number of halogens is 1. The predicted molar refractivity (Wildman–Crippen MR) is 215 cm³/mol. The highest BCUT2D eigenvalue weighted by Gasteiger charge is 2.36. The minimum atomic E-state index is -1.67. The summed E-state index contributed by atoms with van der Waals surface area (Å²) < 4.78 is 25.4. The molecule has 1 atom stereocenters. The number of likely N-dealkylation sites (tertiary alicyclic amines) is 2. The molecule has 14 heteroatoms. The summed E-state index contributed by atoms with van der Waals surface area (Å²) in [5.74, 6) is 0.529. The van der Waals surface area contributed by atoms with Gasteiger partial charge >= 0.3 is 5.69 Å². The summed E-state index contributed by atoms with van der Waals surface area (Å²) in [4.78, 5) is 59.5. The molecule has 3 fully saturated rings. The number of carbonyl (C=O) groups is 3. The van der Waals surface area contributed by atoms with Crippen LogP contribution in [0.15, 0.2) is 59.5 Å². The van der Waals surface area contributed by atoms with Crippen LogP contribution in [0.2, 0.25) is 0 Å². The van der Waals surface area contributed by atoms with Gasteiger partial charge in [0.2, 0.25) is 5.91 Å². The van der Waals surface area contributed by atoms with Gasteiger partial charge in [0.15, 0.2) is 0 Å². The van der Waals surface area contributed by atoms with E-state index in [1.165, 1.54) is 26.5 Å². The number of carbonyl (C=O) groups excluding carboxylic acids is 3. The molecular weight excluding hydrogens is 728 g/mol. The van der Waals surface area contributed by atoms with E-state index in [2.05, 4.69) is 32.0 Å². The molecule has 1 N–H and O–H groups in total. The Balaban J connectivity index is 0.860. The van der Waals surface area contributed by atoms with Crippen LogP contribution in [0, 0.1) is 5.92 Å². The first-order chi connectivity index (χ1) is 27.3. The number of aryl methyl sites for hydroxylation is 1. The Morgan fingerprint density at radius 2 is 1.70 bits per heavy atom. The number of anilines is 1. The maximum atomic E-state index is 14.5. The van der Waals surface area contributed by atoms with Crippen LogP contribution in [0.3, 0.4) is 0 Å². The van der Waals surface area contributed by atoms with Crippen molar-refractivity contribution in [1.29, 1.82) is 0 Å². The molecular formula is C43H51FN8O5. The highest BCUT2D eigenvalue weighted by Crippen LogP contribution is 2.37. The zero-order chi connectivity index (χ0) is 40.2. The minimum Gasteiger partial charge on any atom is -0.494 e. The van der Waals surface area contributed by atoms with Crippen molar-refractivity contribution in [2.45, 2.75) is 88.9 Å². The van der Waals surface area contributed by atoms with E-state index in [4.69, 9.17) is 9.84 Å². The Morgan fingerprint density at radius 1 is 0.947 bits per heavy atom. The molecule has 2 aromatic carbocycles. The smallest absolute Gasteiger partial charge is 0.329 e. The highest BCUT2D eigenvalue weighted by molar-refractivity contribution is 6.05. The Kier molecular flexibility index (Phi) is 10.3. The number of nitrogens with zero attached hydrogens (tertiary/aromatic N) is 7. The van der Waals surface area contributed by atoms with E-state index >= 15 is 0 Å². The van der Waals surface area contributed by atoms with Gasteiger partial charge in [0.25, 0.3) is 11.8 Å². The van der Waals surface area contributed by atoms with E-state index in [1.807, 2.05) is 24.4 Å². The van der Waals surface area contributed by atoms with Gasteiger partial charge in [-0.25, -0.2) is 14.2 Å². The molecule has 57 heavy (non-hydrogen) atoms. The number of imide groups is 1. The number of fused-ring (bicyclic) bond motifs is 2. The van der Waals surface area contributed by atoms with Crippen molar-refractivity contribution >= 4 is 45.3 Å². The van der Waals surface area contributed by atoms with Gasteiger partial charge < -0.3 is 15.0 Å². The number of alkyl halides is 1. The number of nitrogens with one attached hydrogen (secondary N) is 1. The van der Waals surface area contributed by atoms with Crippen LogP contribution < -0.4 is 15.7 Å². The number of hydrogen-bond acceptors (Lipinski definition) is 8. The molecule has 0 bridgehead atoms. The van der Waals surface area contributed by atoms with Crippen LogP contribution in [0.25, 0.3) is 21.9 Å². The topological polar surface area (TPSA) is 137 Å². The summed E-state index contributed by atoms with van der Waals surface area (Å²) in [6, 6.07) is 14.3. The average Bonchev–Trinajstić information content (AvgIpc) is 3.73. The highest BCUT2D eigenvalue weighted by atomic mass is 19.1. The van der Waals surface area contributed by atoms with Crippen LogP contribution in [0.4, 0.5) is 10.1 Å². The third-order valence-corrected chi connectivity index (χ3v) is 12.5. The number of aromatic nitrogens is 5. The van der Waals surface area contributed by atoms with E-state index in [9.17, 15) is 23.6 Å². The van der Waals surface area contributed by atoms with E-state index in [0.29, 0.717) is 35.7 Å². The fourth-order valence-electron chi connectivity index (χ4n) is 9.08. The summed E-state index contributed by atoms with van der Waals surface area (Å²) in [7, 11) is 4.80. The van der Waals surface area contributed by atoms with Crippen molar-refractivity contribution in [2.75, 3.05) is 39.1 Å². The van der Waals surface area contributed by atoms with E-state index < -0.39 is 17.6 Å². The third kappa shape index (κ3) is 7.47. The number of methoxy groups -OCH3 is 1. The lowest BCUT2D eigenvalue weighted by molar-refractivity contribution is -0.149. The molecule has 2 aliphatic heterocycles. The van der Waals surface area contributed by atoms with Crippen LogP contribution in [-0.4, -0.2) is 85.2 Å². The van der Waals surface area contributed by atoms with Crippen LogP contribution in [0.5, 0.6) is 5.75 Å². The lowest BCUT2D eigenvalue weighted by Crippen LogP contribution is -2.45. The number of benzene rings is 2. The van der Waals surface area contributed by atoms with E-state index in [0.717, 1.165) is 85.0 Å². The molecule has 0 spiro atoms. The largest absolute Gasteiger partial charge is 0.494 e. The Bertz CT molecular complexity index is 2410. The average molecular weight is 779 g/mol. The molecule has 13 nitrogen and oxygen atoms in total. The maximum absolute atomic E-state index is 14.5. The van der Waals surface area contributed by atoms with Gasteiger partial charge in [-0.3, -0.25) is 33.1 Å². The third-order valence-electron chi connectivity index (χ3n) is 12.5. The fourth-order valence-corrected chi connectivity index (χ4v) is 9.08. The fraction of sp³-hybridized carbons (Fsp3) is 0.488. The quantitative estimate of drug-likeness (QED) is 0.168. The van der Waals surface area contributed by atoms with Crippen molar-refractivity contribution in [3.05, 3.63) is 82.2 Å². The van der Waals surface area contributed by atoms with Gasteiger partial charge in [-0.2, -0.15) is 5.10 Å². The van der Waals surface area contributed by atoms with Crippen LogP contribution >= 0.6 is 0 Å². The lowest BCUT2D eigenvalue weighted by atomic mass is 9.84. The molecule has 1 saturated carbocycles. The van der Waals surface area contributed by atoms with Crippen molar-refractivity contribution in [3.63, 3.8) is 0 Å². The molecule has 3 aliphatic rings. The Hall–Kier alpha value is -5.37. The summed E-state index contributed by atoms with van der Waals surface area (Å²) in [5.41, 5.74) is 2.48. The molecule has 300 valence electrons. The Labute approximate surface area is 330 Å². The van der Waals surface area contributed by atoms with Crippen molar-refractivity contribution in [3.8, 4) is 5.75 Å². The standard InChI is InChI=1S/C43H51FN8O5/c1-43(2,44)38-8-6-7-31(45-38)40(54)46-33-21-29-25-51(47-32(29)23-37(33)57-5)30-12-9-26(10-13-30)24-50-19-17-27(18-20-50)28-11-14-34-36(22-28)48(3)42(56)52(34)35-15-16-39(53)49(4)41(35)55/h6-8,11,14,21-23,25-27,30,35H,9-10,12-13,15-20,24H2,1-5H3,(H,46,54)/t26-,30-,35?. The van der Waals surface area contributed by atoms with Crippen molar-refractivity contribution in [2.24, 2.45) is 13.0 Å². The van der Waals surface area contributed by atoms with Gasteiger partial charge in [-0.15, -0.1) is 0 Å². The lowest BCUT2D eigenvalue weighted by Gasteiger charge is -2.36. The van der Waals surface area contributed by atoms with Gasteiger partial charge in [-0.1, -0.05) is 12.1 Å². The summed E-state index contributed by atoms with van der Waals surface area (Å²) in [6.45, 7) is 5.97. The minimum absolute atomic E-state index is 0.125. The van der Waals surface area contributed by atoms with Gasteiger partial charge in [-0.05, 0) is 120 Å². The van der Waals surface area contributed by atoms with E-state index in [-0.39, 0.29) is 35.3 Å². The second kappa shape index (κ2) is 15.2. The van der Waals surface area contributed by atoms with Crippen LogP contribution in [-0.2, 0) is 22.3 Å². The molecule has 8 rings (SSSR count). The molecule has 5 heterocycles. The predicted octanol–water partition coefficient (Wildman–Crippen LogP) is 6.48. The normalized spacial score (nSPS) is 21.4. The van der Waals surface area contributed by atoms with Gasteiger partial charge in [0.05, 0.1) is 41.1 Å². The maximum Gasteiger partial charge on any atom is 0.329 e. The number of ether oxygens (including phenoxy) is 1. The first kappa shape index (κ1) is 38.5. The molecule has 3 amide bonds. The van der Waals surface area contributed by atoms with Crippen LogP contribution in [0.1, 0.15) is 105 Å². The van der Waals surface area contributed by atoms with Gasteiger partial charge in [0, 0.05) is 44.7 Å². The molecule has 0 radical (unpaired) electrons. The second-order valence-corrected chi connectivity index (χ2v) is 16.6. The molecule has 5 aromatic rings. The van der Waals surface area contributed by atoms with Crippen molar-refractivity contribution < 1.29 is 23.5 Å². The monoisotopic (exact) mass is 778 g/mol. The van der Waals surface area contributed by atoms with E-state index in [1.54, 1.807) is 41.5 Å². The molecule has 2 saturated heterocycles. The Morgan fingerprint density at radius 3 is 2.42 bits per heavy atom. The molecule has 1 aliphatic carbocycles. The number of piperidine rings is 2. The number of amides is 3. The second-order valence-electron chi connectivity index (χ2n) is 16.6. The molecule has 3 aromatic heterocycles. The summed E-state index contributed by atoms with van der Waals surface area (Å²) in [5, 5.41) is 8.71. The SMILES string of the molecule is COc1cc2nn([C@H]3CC[C@H](CN4CCC(c5ccc6c(c5)n(C)c(=O)n6C5CCC(=O)N(C)C5=O)CC4)CC3)cc2cc1NC(=O)c1cccc(C(C)(C)F)n1. The zero-order valence-corrected chi connectivity index (χ0v) is 33.3. The van der Waals surface area contributed by atoms with Gasteiger partial charge in [0.1, 0.15) is 23.2 Å². The number of rotatable bonds is 9. The van der Waals surface area contributed by atoms with Crippen molar-refractivity contribution in [1.82, 2.24) is 33.7 Å². The number of likely N-dealkylation sites (N-methyl/N-ethyl adjacent to an activating group) is 1. The number of hydrogen-bond donors (Lipinski definition) is 1. The first-order valence-corrected chi connectivity index (χ1v) is 20.1.